The Bertz CT molecular complexity index is 738. The average Bonchev–Trinajstić information content (AvgIpc) is 2.82. The second kappa shape index (κ2) is 7.25. The van der Waals surface area contributed by atoms with Gasteiger partial charge in [0.25, 0.3) is 5.91 Å². The fourth-order valence-corrected chi connectivity index (χ4v) is 2.29. The number of amides is 2. The molecular weight excluding hydrogens is 311 g/mol. The van der Waals surface area contributed by atoms with Crippen LogP contribution in [0.3, 0.4) is 0 Å². The first kappa shape index (κ1) is 17.7. The third kappa shape index (κ3) is 4.18. The summed E-state index contributed by atoms with van der Waals surface area (Å²) in [4.78, 5) is 24.8. The van der Waals surface area contributed by atoms with Gasteiger partial charge in [0.05, 0.1) is 5.69 Å². The number of anilines is 1. The number of nitrogens with zero attached hydrogens (tertiary/aromatic N) is 2. The highest BCUT2D eigenvalue weighted by atomic mass is 19.1. The number of aromatic nitrogens is 2. The van der Waals surface area contributed by atoms with Gasteiger partial charge in [0, 0.05) is 18.7 Å². The first-order chi connectivity index (χ1) is 11.3. The Morgan fingerprint density at radius 1 is 1.21 bits per heavy atom. The van der Waals surface area contributed by atoms with Crippen molar-refractivity contribution >= 4 is 17.6 Å². The number of halogens is 1. The zero-order valence-corrected chi connectivity index (χ0v) is 14.1. The van der Waals surface area contributed by atoms with Gasteiger partial charge in [-0.05, 0) is 37.1 Å². The summed E-state index contributed by atoms with van der Waals surface area (Å²) in [5.41, 5.74) is 1.08. The number of aryl methyl sites for hydroxylation is 2. The van der Waals surface area contributed by atoms with Gasteiger partial charge in [-0.3, -0.25) is 14.3 Å². The van der Waals surface area contributed by atoms with E-state index >= 15 is 0 Å². The normalized spacial score (nSPS) is 12.1. The number of hydrogen-bond acceptors (Lipinski definition) is 3. The minimum absolute atomic E-state index is 0.122. The van der Waals surface area contributed by atoms with E-state index in [2.05, 4.69) is 15.7 Å². The van der Waals surface area contributed by atoms with Crippen molar-refractivity contribution in [3.05, 3.63) is 47.4 Å². The second-order valence-electron chi connectivity index (χ2n) is 5.99. The molecule has 2 amide bonds. The Kier molecular flexibility index (Phi) is 5.33. The molecule has 1 aromatic carbocycles. The van der Waals surface area contributed by atoms with Crippen LogP contribution in [-0.4, -0.2) is 27.6 Å². The summed E-state index contributed by atoms with van der Waals surface area (Å²) >= 11 is 0. The number of rotatable bonds is 5. The van der Waals surface area contributed by atoms with Gasteiger partial charge in [0.15, 0.2) is 0 Å². The monoisotopic (exact) mass is 332 g/mol. The first-order valence-corrected chi connectivity index (χ1v) is 7.66. The molecule has 0 fully saturated rings. The van der Waals surface area contributed by atoms with Crippen molar-refractivity contribution in [2.75, 3.05) is 5.32 Å². The maximum Gasteiger partial charge on any atom is 0.251 e. The molecule has 1 atom stereocenters. The van der Waals surface area contributed by atoms with E-state index < -0.39 is 17.8 Å². The molecule has 0 aliphatic carbocycles. The number of carbonyl (C=O) groups excluding carboxylic acids is 2. The van der Waals surface area contributed by atoms with Crippen LogP contribution in [0.25, 0.3) is 0 Å². The molecule has 0 bridgehead atoms. The van der Waals surface area contributed by atoms with Gasteiger partial charge in [0.1, 0.15) is 17.7 Å². The molecule has 2 N–H and O–H groups in total. The lowest BCUT2D eigenvalue weighted by Gasteiger charge is -2.21. The predicted molar refractivity (Wildman–Crippen MR) is 89.1 cm³/mol. The number of nitrogens with one attached hydrogen (secondary N) is 2. The van der Waals surface area contributed by atoms with Crippen LogP contribution in [-0.2, 0) is 11.8 Å². The largest absolute Gasteiger partial charge is 0.340 e. The van der Waals surface area contributed by atoms with Crippen LogP contribution in [0.2, 0.25) is 0 Å². The van der Waals surface area contributed by atoms with Crippen LogP contribution < -0.4 is 10.6 Å². The van der Waals surface area contributed by atoms with Crippen molar-refractivity contribution < 1.29 is 14.0 Å². The van der Waals surface area contributed by atoms with E-state index in [-0.39, 0.29) is 11.8 Å². The third-order valence-electron chi connectivity index (χ3n) is 3.60. The molecule has 24 heavy (non-hydrogen) atoms. The van der Waals surface area contributed by atoms with E-state index in [0.29, 0.717) is 11.4 Å². The molecule has 0 spiro atoms. The summed E-state index contributed by atoms with van der Waals surface area (Å²) in [5, 5.41) is 9.62. The lowest BCUT2D eigenvalue weighted by molar-refractivity contribution is -0.118. The molecule has 0 aliphatic heterocycles. The molecule has 2 aromatic rings. The van der Waals surface area contributed by atoms with Gasteiger partial charge in [-0.2, -0.15) is 5.10 Å². The van der Waals surface area contributed by atoms with Crippen LogP contribution in [0.15, 0.2) is 30.3 Å². The Labute approximate surface area is 140 Å². The van der Waals surface area contributed by atoms with Gasteiger partial charge in [-0.1, -0.05) is 13.8 Å². The Morgan fingerprint density at radius 3 is 2.33 bits per heavy atom. The highest BCUT2D eigenvalue weighted by Gasteiger charge is 2.25. The van der Waals surface area contributed by atoms with Gasteiger partial charge in [-0.25, -0.2) is 4.39 Å². The van der Waals surface area contributed by atoms with E-state index in [1.807, 2.05) is 20.8 Å². The minimum atomic E-state index is -0.724. The highest BCUT2D eigenvalue weighted by molar-refractivity contribution is 6.01. The van der Waals surface area contributed by atoms with Crippen molar-refractivity contribution in [3.63, 3.8) is 0 Å². The Hall–Kier alpha value is -2.70. The number of carbonyl (C=O) groups is 2. The van der Waals surface area contributed by atoms with Gasteiger partial charge < -0.3 is 10.6 Å². The minimum Gasteiger partial charge on any atom is -0.340 e. The summed E-state index contributed by atoms with van der Waals surface area (Å²) in [7, 11) is 1.73. The van der Waals surface area contributed by atoms with Crippen molar-refractivity contribution in [2.45, 2.75) is 26.8 Å². The smallest absolute Gasteiger partial charge is 0.251 e. The molecule has 0 saturated heterocycles. The second-order valence-corrected chi connectivity index (χ2v) is 5.99. The molecular formula is C17H21FN4O2. The van der Waals surface area contributed by atoms with Crippen LogP contribution in [0.5, 0.6) is 0 Å². The van der Waals surface area contributed by atoms with Gasteiger partial charge in [-0.15, -0.1) is 0 Å². The summed E-state index contributed by atoms with van der Waals surface area (Å²) in [6.45, 7) is 5.50. The quantitative estimate of drug-likeness (QED) is 0.882. The maximum absolute atomic E-state index is 12.9. The van der Waals surface area contributed by atoms with Crippen LogP contribution in [0.1, 0.15) is 29.9 Å². The standard InChI is InChI=1S/C17H21FN4O2/c1-10(2)15(17(24)19-14-9-11(3)21-22(14)4)20-16(23)12-5-7-13(18)8-6-12/h5-10,15H,1-4H3,(H,19,24)(H,20,23). The molecule has 6 nitrogen and oxygen atoms in total. The maximum atomic E-state index is 12.9. The summed E-state index contributed by atoms with van der Waals surface area (Å²) in [6.07, 6.45) is 0. The highest BCUT2D eigenvalue weighted by Crippen LogP contribution is 2.12. The molecule has 0 saturated carbocycles. The van der Waals surface area contributed by atoms with Crippen LogP contribution in [0, 0.1) is 18.7 Å². The SMILES string of the molecule is Cc1cc(NC(=O)C(NC(=O)c2ccc(F)cc2)C(C)C)n(C)n1. The summed E-state index contributed by atoms with van der Waals surface area (Å²) in [6, 6.07) is 6.19. The fraction of sp³-hybridized carbons (Fsp3) is 0.353. The lowest BCUT2D eigenvalue weighted by Crippen LogP contribution is -2.47. The fourth-order valence-electron chi connectivity index (χ4n) is 2.29. The van der Waals surface area contributed by atoms with Crippen LogP contribution >= 0.6 is 0 Å². The molecule has 0 radical (unpaired) electrons. The summed E-state index contributed by atoms with van der Waals surface area (Å²) < 4.78 is 14.5. The molecule has 7 heteroatoms. The summed E-state index contributed by atoms with van der Waals surface area (Å²) in [5.74, 6) is -0.743. The van der Waals surface area contributed by atoms with E-state index in [9.17, 15) is 14.0 Å². The molecule has 1 aromatic heterocycles. The van der Waals surface area contributed by atoms with E-state index in [1.165, 1.54) is 24.3 Å². The molecule has 1 unspecified atom stereocenters. The van der Waals surface area contributed by atoms with Crippen molar-refractivity contribution in [1.82, 2.24) is 15.1 Å². The molecule has 2 rings (SSSR count). The molecule has 1 heterocycles. The van der Waals surface area contributed by atoms with Crippen molar-refractivity contribution in [3.8, 4) is 0 Å². The molecule has 128 valence electrons. The zero-order chi connectivity index (χ0) is 17.9. The van der Waals surface area contributed by atoms with Crippen molar-refractivity contribution in [2.24, 2.45) is 13.0 Å². The van der Waals surface area contributed by atoms with Gasteiger partial charge >= 0.3 is 0 Å². The first-order valence-electron chi connectivity index (χ1n) is 7.66. The predicted octanol–water partition coefficient (Wildman–Crippen LogP) is 2.26. The van der Waals surface area contributed by atoms with E-state index in [1.54, 1.807) is 17.8 Å². The van der Waals surface area contributed by atoms with Gasteiger partial charge in [0.2, 0.25) is 5.91 Å². The number of hydrogen-bond donors (Lipinski definition) is 2. The lowest BCUT2D eigenvalue weighted by atomic mass is 10.0. The van der Waals surface area contributed by atoms with Crippen LogP contribution in [0.4, 0.5) is 10.2 Å². The van der Waals surface area contributed by atoms with E-state index in [4.69, 9.17) is 0 Å². The Balaban J connectivity index is 2.10. The number of benzene rings is 1. The zero-order valence-electron chi connectivity index (χ0n) is 14.1. The topological polar surface area (TPSA) is 76.0 Å². The third-order valence-corrected chi connectivity index (χ3v) is 3.60. The van der Waals surface area contributed by atoms with E-state index in [0.717, 1.165) is 5.69 Å². The average molecular weight is 332 g/mol. The Morgan fingerprint density at radius 2 is 1.83 bits per heavy atom. The van der Waals surface area contributed by atoms with Crippen molar-refractivity contribution in [1.29, 1.82) is 0 Å². The molecule has 0 aliphatic rings.